The molecule has 0 saturated carbocycles. The van der Waals surface area contributed by atoms with Gasteiger partial charge in [-0.25, -0.2) is 0 Å². The fraction of sp³-hybridized carbons (Fsp3) is 0.250. The van der Waals surface area contributed by atoms with Crippen LogP contribution in [0, 0.1) is 17.1 Å². The van der Waals surface area contributed by atoms with Gasteiger partial charge in [-0.1, -0.05) is 23.6 Å². The monoisotopic (exact) mass is 282 g/mol. The number of benzene rings is 1. The number of hydrogen-bond donors (Lipinski definition) is 1. The second-order valence-corrected chi connectivity index (χ2v) is 5.37. The normalized spacial score (nSPS) is 10.6. The van der Waals surface area contributed by atoms with Crippen molar-refractivity contribution in [3.63, 3.8) is 0 Å². The number of aromatic nitrogens is 2. The number of halogens is 1. The van der Waals surface area contributed by atoms with Gasteiger partial charge in [-0.15, -0.1) is 18.2 Å². The summed E-state index contributed by atoms with van der Waals surface area (Å²) in [4.78, 5) is 3.15. The Morgan fingerprint density at radius 3 is 3.12 bits per heavy atom. The van der Waals surface area contributed by atoms with Gasteiger partial charge >= 0.3 is 0 Å². The summed E-state index contributed by atoms with van der Waals surface area (Å²) in [6.07, 6.45) is 5.21. The van der Waals surface area contributed by atoms with Gasteiger partial charge in [0.25, 0.3) is 0 Å². The fourth-order valence-corrected chi connectivity index (χ4v) is 2.82. The first-order valence-electron chi connectivity index (χ1n) is 5.12. The van der Waals surface area contributed by atoms with E-state index < -0.39 is 0 Å². The first kappa shape index (κ1) is 12.6. The predicted molar refractivity (Wildman–Crippen MR) is 78.3 cm³/mol. The largest absolute Gasteiger partial charge is 0.331 e. The molecular weight excluding hydrogens is 272 g/mol. The number of hydrogen-bond acceptors (Lipinski definition) is 2. The van der Waals surface area contributed by atoms with E-state index >= 15 is 0 Å². The van der Waals surface area contributed by atoms with Crippen molar-refractivity contribution in [3.8, 4) is 12.3 Å². The Balaban J connectivity index is 2.30. The number of aromatic amines is 1. The summed E-state index contributed by atoms with van der Waals surface area (Å²) < 4.78 is 2.73. The van der Waals surface area contributed by atoms with Crippen molar-refractivity contribution in [2.45, 2.75) is 6.54 Å². The van der Waals surface area contributed by atoms with Crippen LogP contribution in [0.15, 0.2) is 18.2 Å². The molecule has 17 heavy (non-hydrogen) atoms. The second kappa shape index (κ2) is 5.63. The summed E-state index contributed by atoms with van der Waals surface area (Å²) in [6.45, 7) is 0.814. The number of thioether (sulfide) groups is 1. The van der Waals surface area contributed by atoms with Crippen LogP contribution in [0.5, 0.6) is 0 Å². The first-order chi connectivity index (χ1) is 8.24. The highest BCUT2D eigenvalue weighted by Gasteiger charge is 2.07. The lowest BCUT2D eigenvalue weighted by atomic mass is 10.3. The number of nitrogens with one attached hydrogen (secondary N) is 1. The minimum Gasteiger partial charge on any atom is -0.331 e. The lowest BCUT2D eigenvalue weighted by Gasteiger charge is -2.04. The van der Waals surface area contributed by atoms with Crippen LogP contribution in [-0.2, 0) is 6.54 Å². The van der Waals surface area contributed by atoms with Crippen molar-refractivity contribution in [3.05, 3.63) is 28.0 Å². The lowest BCUT2D eigenvalue weighted by Crippen LogP contribution is -2.01. The van der Waals surface area contributed by atoms with Crippen LogP contribution in [0.1, 0.15) is 0 Å². The van der Waals surface area contributed by atoms with Gasteiger partial charge in [0.15, 0.2) is 4.77 Å². The van der Waals surface area contributed by atoms with E-state index in [9.17, 15) is 0 Å². The Bertz CT molecular complexity index is 621. The highest BCUT2D eigenvalue weighted by Crippen LogP contribution is 2.23. The van der Waals surface area contributed by atoms with Gasteiger partial charge in [0.05, 0.1) is 21.8 Å². The van der Waals surface area contributed by atoms with Crippen LogP contribution in [0.25, 0.3) is 11.0 Å². The molecule has 1 heterocycles. The molecule has 5 heteroatoms. The molecule has 0 fully saturated rings. The molecule has 1 aromatic heterocycles. The van der Waals surface area contributed by atoms with E-state index in [4.69, 9.17) is 30.2 Å². The number of nitrogens with zero attached hydrogens (tertiary/aromatic N) is 1. The van der Waals surface area contributed by atoms with E-state index in [2.05, 4.69) is 10.9 Å². The van der Waals surface area contributed by atoms with Crippen LogP contribution < -0.4 is 0 Å². The standard InChI is InChI=1S/C12H11ClN2S2/c1-2-7-17-8-6-15-11-9(13)4-3-5-10(11)14-12(15)16/h1,3-5H,6-8H2,(H,14,16). The maximum Gasteiger partial charge on any atom is 0.178 e. The Morgan fingerprint density at radius 1 is 1.53 bits per heavy atom. The first-order valence-corrected chi connectivity index (χ1v) is 7.06. The highest BCUT2D eigenvalue weighted by atomic mass is 35.5. The Kier molecular flexibility index (Phi) is 4.16. The van der Waals surface area contributed by atoms with Crippen LogP contribution in [-0.4, -0.2) is 21.1 Å². The SMILES string of the molecule is C#CCSCCn1c(=S)[nH]c2cccc(Cl)c21. The van der Waals surface area contributed by atoms with Gasteiger partial charge in [-0.05, 0) is 24.4 Å². The summed E-state index contributed by atoms with van der Waals surface area (Å²) in [5, 5.41) is 0.719. The van der Waals surface area contributed by atoms with Gasteiger partial charge in [-0.2, -0.15) is 0 Å². The molecule has 88 valence electrons. The van der Waals surface area contributed by atoms with Crippen LogP contribution in [0.4, 0.5) is 0 Å². The summed E-state index contributed by atoms with van der Waals surface area (Å²) in [5.41, 5.74) is 1.95. The van der Waals surface area contributed by atoms with Crippen molar-refractivity contribution in [2.75, 3.05) is 11.5 Å². The Hall–Kier alpha value is -0.890. The van der Waals surface area contributed by atoms with Crippen molar-refractivity contribution in [2.24, 2.45) is 0 Å². The molecular formula is C12H11ClN2S2. The zero-order chi connectivity index (χ0) is 12.3. The maximum atomic E-state index is 6.19. The van der Waals surface area contributed by atoms with E-state index in [-0.39, 0.29) is 0 Å². The zero-order valence-corrected chi connectivity index (χ0v) is 11.5. The molecule has 2 aromatic rings. The average Bonchev–Trinajstić information content (AvgIpc) is 2.62. The molecule has 0 unspecified atom stereocenters. The van der Waals surface area contributed by atoms with Crippen molar-refractivity contribution >= 4 is 46.6 Å². The molecule has 0 radical (unpaired) electrons. The molecule has 2 nitrogen and oxygen atoms in total. The molecule has 0 atom stereocenters. The molecule has 0 bridgehead atoms. The number of para-hydroxylation sites is 1. The van der Waals surface area contributed by atoms with Gasteiger partial charge in [-0.3, -0.25) is 0 Å². The van der Waals surface area contributed by atoms with E-state index in [1.165, 1.54) is 0 Å². The van der Waals surface area contributed by atoms with Crippen LogP contribution in [0.3, 0.4) is 0 Å². The molecule has 0 amide bonds. The molecule has 0 spiro atoms. The topological polar surface area (TPSA) is 20.7 Å². The molecule has 2 rings (SSSR count). The smallest absolute Gasteiger partial charge is 0.178 e. The summed E-state index contributed by atoms with van der Waals surface area (Å²) in [6, 6.07) is 5.76. The number of H-pyrrole nitrogens is 1. The third kappa shape index (κ3) is 2.68. The molecule has 1 aromatic carbocycles. The number of fused-ring (bicyclic) bond motifs is 1. The quantitative estimate of drug-likeness (QED) is 0.524. The number of rotatable bonds is 4. The molecule has 1 N–H and O–H groups in total. The van der Waals surface area contributed by atoms with E-state index in [0.29, 0.717) is 4.77 Å². The van der Waals surface area contributed by atoms with Crippen molar-refractivity contribution in [1.82, 2.24) is 9.55 Å². The molecule has 0 saturated heterocycles. The third-order valence-corrected chi connectivity index (χ3v) is 3.86. The minimum absolute atomic E-state index is 0.703. The van der Waals surface area contributed by atoms with Crippen molar-refractivity contribution < 1.29 is 0 Å². The summed E-state index contributed by atoms with van der Waals surface area (Å²) in [7, 11) is 0. The number of imidazole rings is 1. The highest BCUT2D eigenvalue weighted by molar-refractivity contribution is 7.99. The Labute approximate surface area is 114 Å². The van der Waals surface area contributed by atoms with E-state index in [1.807, 2.05) is 22.8 Å². The van der Waals surface area contributed by atoms with E-state index in [0.717, 1.165) is 34.1 Å². The second-order valence-electron chi connectivity index (χ2n) is 3.47. The average molecular weight is 283 g/mol. The Morgan fingerprint density at radius 2 is 2.35 bits per heavy atom. The zero-order valence-electron chi connectivity index (χ0n) is 9.07. The van der Waals surface area contributed by atoms with Crippen LogP contribution >= 0.6 is 35.6 Å². The molecule has 0 aliphatic rings. The van der Waals surface area contributed by atoms with Gasteiger partial charge in [0.1, 0.15) is 0 Å². The maximum absolute atomic E-state index is 6.19. The lowest BCUT2D eigenvalue weighted by molar-refractivity contribution is 0.784. The van der Waals surface area contributed by atoms with Gasteiger partial charge in [0.2, 0.25) is 0 Å². The predicted octanol–water partition coefficient (Wildman–Crippen LogP) is 3.72. The van der Waals surface area contributed by atoms with Crippen molar-refractivity contribution in [1.29, 1.82) is 0 Å². The minimum atomic E-state index is 0.703. The fourth-order valence-electron chi connectivity index (χ4n) is 1.68. The van der Waals surface area contributed by atoms with Crippen LogP contribution in [0.2, 0.25) is 5.02 Å². The van der Waals surface area contributed by atoms with E-state index in [1.54, 1.807) is 11.8 Å². The third-order valence-electron chi connectivity index (χ3n) is 2.39. The number of terminal acetylenes is 1. The molecule has 0 aliphatic heterocycles. The summed E-state index contributed by atoms with van der Waals surface area (Å²) >= 11 is 13.2. The van der Waals surface area contributed by atoms with Gasteiger partial charge < -0.3 is 9.55 Å². The summed E-state index contributed by atoms with van der Waals surface area (Å²) in [5.74, 6) is 4.26. The number of aryl methyl sites for hydroxylation is 1. The molecule has 0 aliphatic carbocycles. The van der Waals surface area contributed by atoms with Gasteiger partial charge in [0, 0.05) is 12.3 Å².